The molecule has 116 valence electrons. The van der Waals surface area contributed by atoms with Crippen molar-refractivity contribution in [3.63, 3.8) is 0 Å². The van der Waals surface area contributed by atoms with Gasteiger partial charge in [0.1, 0.15) is 12.4 Å². The Labute approximate surface area is 128 Å². The zero-order valence-electron chi connectivity index (χ0n) is 12.4. The summed E-state index contributed by atoms with van der Waals surface area (Å²) < 4.78 is 15.9. The standard InChI is InChI=1S/C16H18N2O4/c1-20-16(19)18-9-7-13-14(8-10-18)22-17-15(13)21-11-12-5-3-2-4-6-12/h2-6H,7-11H2,1H3. The van der Waals surface area contributed by atoms with Crippen LogP contribution in [0.15, 0.2) is 34.9 Å². The summed E-state index contributed by atoms with van der Waals surface area (Å²) >= 11 is 0. The van der Waals surface area contributed by atoms with Gasteiger partial charge in [-0.25, -0.2) is 4.79 Å². The fraction of sp³-hybridized carbons (Fsp3) is 0.375. The minimum atomic E-state index is -0.315. The molecule has 0 fully saturated rings. The molecule has 0 atom stereocenters. The first kappa shape index (κ1) is 14.4. The summed E-state index contributed by atoms with van der Waals surface area (Å²) in [7, 11) is 1.39. The Bertz CT molecular complexity index is 639. The lowest BCUT2D eigenvalue weighted by molar-refractivity contribution is 0.124. The minimum absolute atomic E-state index is 0.315. The van der Waals surface area contributed by atoms with E-state index in [2.05, 4.69) is 5.16 Å². The van der Waals surface area contributed by atoms with Crippen molar-refractivity contribution in [1.82, 2.24) is 10.1 Å². The number of carbonyl (C=O) groups excluding carboxylic acids is 1. The lowest BCUT2D eigenvalue weighted by Gasteiger charge is -2.17. The van der Waals surface area contributed by atoms with Crippen LogP contribution in [-0.4, -0.2) is 36.3 Å². The molecule has 22 heavy (non-hydrogen) atoms. The van der Waals surface area contributed by atoms with Gasteiger partial charge in [0.05, 0.1) is 12.7 Å². The third kappa shape index (κ3) is 3.05. The molecule has 6 nitrogen and oxygen atoms in total. The first-order valence-electron chi connectivity index (χ1n) is 7.25. The average molecular weight is 302 g/mol. The molecule has 1 amide bonds. The number of carbonyl (C=O) groups is 1. The van der Waals surface area contributed by atoms with E-state index < -0.39 is 0 Å². The van der Waals surface area contributed by atoms with E-state index in [1.54, 1.807) is 4.90 Å². The first-order valence-corrected chi connectivity index (χ1v) is 7.25. The normalized spacial score (nSPS) is 14.1. The molecule has 0 unspecified atom stereocenters. The molecule has 1 aromatic carbocycles. The summed E-state index contributed by atoms with van der Waals surface area (Å²) in [4.78, 5) is 13.3. The maximum atomic E-state index is 11.6. The molecule has 1 aliphatic rings. The van der Waals surface area contributed by atoms with Gasteiger partial charge in [0.25, 0.3) is 5.88 Å². The number of nitrogens with zero attached hydrogens (tertiary/aromatic N) is 2. The average Bonchev–Trinajstić information content (AvgIpc) is 2.82. The molecule has 2 heterocycles. The molecule has 0 saturated carbocycles. The van der Waals surface area contributed by atoms with Crippen LogP contribution in [0.25, 0.3) is 0 Å². The van der Waals surface area contributed by atoms with Crippen molar-refractivity contribution < 1.29 is 18.8 Å². The largest absolute Gasteiger partial charge is 0.470 e. The van der Waals surface area contributed by atoms with Crippen molar-refractivity contribution in [2.75, 3.05) is 20.2 Å². The van der Waals surface area contributed by atoms with Crippen molar-refractivity contribution in [3.05, 3.63) is 47.2 Å². The van der Waals surface area contributed by atoms with Crippen LogP contribution in [0.1, 0.15) is 16.9 Å². The van der Waals surface area contributed by atoms with Crippen LogP contribution >= 0.6 is 0 Å². The Morgan fingerprint density at radius 2 is 2.05 bits per heavy atom. The topological polar surface area (TPSA) is 64.8 Å². The fourth-order valence-corrected chi connectivity index (χ4v) is 2.52. The highest BCUT2D eigenvalue weighted by Gasteiger charge is 2.25. The second-order valence-corrected chi connectivity index (χ2v) is 5.12. The quantitative estimate of drug-likeness (QED) is 0.871. The SMILES string of the molecule is COC(=O)N1CCc2onc(OCc3ccccc3)c2CC1. The van der Waals surface area contributed by atoms with Crippen LogP contribution in [0.2, 0.25) is 0 Å². The number of ether oxygens (including phenoxy) is 2. The third-order valence-electron chi connectivity index (χ3n) is 3.73. The highest BCUT2D eigenvalue weighted by molar-refractivity contribution is 5.67. The second kappa shape index (κ2) is 6.51. The Morgan fingerprint density at radius 1 is 1.27 bits per heavy atom. The summed E-state index contributed by atoms with van der Waals surface area (Å²) in [6.45, 7) is 1.58. The summed E-state index contributed by atoms with van der Waals surface area (Å²) in [5.41, 5.74) is 2.02. The summed E-state index contributed by atoms with van der Waals surface area (Å²) in [5.74, 6) is 1.31. The highest BCUT2D eigenvalue weighted by Crippen LogP contribution is 2.26. The van der Waals surface area contributed by atoms with Crippen molar-refractivity contribution in [2.45, 2.75) is 19.4 Å². The van der Waals surface area contributed by atoms with E-state index in [4.69, 9.17) is 14.0 Å². The number of benzene rings is 1. The molecule has 6 heteroatoms. The minimum Gasteiger partial charge on any atom is -0.470 e. The van der Waals surface area contributed by atoms with E-state index >= 15 is 0 Å². The van der Waals surface area contributed by atoms with Crippen LogP contribution in [0.3, 0.4) is 0 Å². The number of fused-ring (bicyclic) bond motifs is 1. The van der Waals surface area contributed by atoms with E-state index in [1.807, 2.05) is 30.3 Å². The van der Waals surface area contributed by atoms with Gasteiger partial charge in [-0.1, -0.05) is 30.3 Å². The van der Waals surface area contributed by atoms with Crippen LogP contribution in [0, 0.1) is 0 Å². The van der Waals surface area contributed by atoms with Gasteiger partial charge < -0.3 is 18.9 Å². The smallest absolute Gasteiger partial charge is 0.409 e. The van der Waals surface area contributed by atoms with Crippen molar-refractivity contribution >= 4 is 6.09 Å². The van der Waals surface area contributed by atoms with Crippen molar-refractivity contribution in [1.29, 1.82) is 0 Å². The molecule has 3 rings (SSSR count). The Balaban J connectivity index is 1.67. The molecule has 2 aromatic rings. The molecule has 1 aromatic heterocycles. The highest BCUT2D eigenvalue weighted by atomic mass is 16.5. The zero-order valence-corrected chi connectivity index (χ0v) is 12.4. The van der Waals surface area contributed by atoms with E-state index in [9.17, 15) is 4.79 Å². The molecule has 0 spiro atoms. The summed E-state index contributed by atoms with van der Waals surface area (Å²) in [5, 5.41) is 4.01. The second-order valence-electron chi connectivity index (χ2n) is 5.12. The maximum Gasteiger partial charge on any atom is 0.409 e. The maximum absolute atomic E-state index is 11.6. The molecule has 0 bridgehead atoms. The monoisotopic (exact) mass is 302 g/mol. The molecule has 0 aliphatic carbocycles. The lowest BCUT2D eigenvalue weighted by atomic mass is 10.1. The van der Waals surface area contributed by atoms with E-state index in [0.717, 1.165) is 16.9 Å². The van der Waals surface area contributed by atoms with Gasteiger partial charge in [0, 0.05) is 19.5 Å². The van der Waals surface area contributed by atoms with Gasteiger partial charge in [-0.15, -0.1) is 0 Å². The van der Waals surface area contributed by atoms with Gasteiger partial charge in [-0.05, 0) is 17.1 Å². The molecule has 1 aliphatic heterocycles. The predicted octanol–water partition coefficient (Wildman–Crippen LogP) is 2.42. The number of hydrogen-bond donors (Lipinski definition) is 0. The molecule has 0 saturated heterocycles. The molecular formula is C16H18N2O4. The van der Waals surface area contributed by atoms with Gasteiger partial charge in [-0.3, -0.25) is 0 Å². The summed E-state index contributed by atoms with van der Waals surface area (Å²) in [6.07, 6.45) is 0.953. The van der Waals surface area contributed by atoms with Gasteiger partial charge in [0.2, 0.25) is 0 Å². The first-order chi connectivity index (χ1) is 10.8. The fourth-order valence-electron chi connectivity index (χ4n) is 2.52. The van der Waals surface area contributed by atoms with Gasteiger partial charge in [-0.2, -0.15) is 0 Å². The van der Waals surface area contributed by atoms with Crippen LogP contribution in [-0.2, 0) is 24.2 Å². The Kier molecular flexibility index (Phi) is 4.27. The van der Waals surface area contributed by atoms with Gasteiger partial charge >= 0.3 is 6.09 Å². The zero-order chi connectivity index (χ0) is 15.4. The number of hydrogen-bond acceptors (Lipinski definition) is 5. The Hall–Kier alpha value is -2.50. The van der Waals surface area contributed by atoms with Crippen molar-refractivity contribution in [3.8, 4) is 5.88 Å². The summed E-state index contributed by atoms with van der Waals surface area (Å²) in [6, 6.07) is 9.90. The molecule has 0 radical (unpaired) electrons. The number of methoxy groups -OCH3 is 1. The van der Waals surface area contributed by atoms with Crippen LogP contribution < -0.4 is 4.74 Å². The lowest BCUT2D eigenvalue weighted by Crippen LogP contribution is -2.33. The number of aromatic nitrogens is 1. The Morgan fingerprint density at radius 3 is 2.82 bits per heavy atom. The van der Waals surface area contributed by atoms with Gasteiger partial charge in [0.15, 0.2) is 0 Å². The predicted molar refractivity (Wildman–Crippen MR) is 78.7 cm³/mol. The number of amides is 1. The van der Waals surface area contributed by atoms with E-state index in [-0.39, 0.29) is 6.09 Å². The van der Waals surface area contributed by atoms with Crippen LogP contribution in [0.4, 0.5) is 4.79 Å². The van der Waals surface area contributed by atoms with E-state index in [1.165, 1.54) is 7.11 Å². The third-order valence-corrected chi connectivity index (χ3v) is 3.73. The van der Waals surface area contributed by atoms with E-state index in [0.29, 0.717) is 38.4 Å². The molecular weight excluding hydrogens is 284 g/mol. The molecule has 0 N–H and O–H groups in total. The number of rotatable bonds is 3. The van der Waals surface area contributed by atoms with Crippen LogP contribution in [0.5, 0.6) is 5.88 Å². The van der Waals surface area contributed by atoms with Crippen molar-refractivity contribution in [2.24, 2.45) is 0 Å².